The van der Waals surface area contributed by atoms with Gasteiger partial charge in [-0.05, 0) is 23.8 Å². The average molecular weight is 373 g/mol. The number of nitrogens with zero attached hydrogens (tertiary/aromatic N) is 1. The Hall–Kier alpha value is -2.15. The molecule has 2 aromatic carbocycles. The third-order valence-corrected chi connectivity index (χ3v) is 6.17. The molecule has 3 rings (SSSR count). The molecule has 0 saturated carbocycles. The van der Waals surface area contributed by atoms with Crippen LogP contribution >= 0.6 is 0 Å². The van der Waals surface area contributed by atoms with Crippen LogP contribution in [0.4, 0.5) is 0 Å². The van der Waals surface area contributed by atoms with Gasteiger partial charge in [0.25, 0.3) is 0 Å². The second-order valence-electron chi connectivity index (χ2n) is 6.44. The van der Waals surface area contributed by atoms with Gasteiger partial charge in [0, 0.05) is 11.0 Å². The molecule has 0 atom stereocenters. The second-order valence-corrected chi connectivity index (χ2v) is 8.25. The highest BCUT2D eigenvalue weighted by Crippen LogP contribution is 2.12. The fourth-order valence-corrected chi connectivity index (χ4v) is 4.31. The van der Waals surface area contributed by atoms with Crippen LogP contribution in [-0.4, -0.2) is 46.0 Å². The summed E-state index contributed by atoms with van der Waals surface area (Å²) in [6.07, 6.45) is 1.66. The van der Waals surface area contributed by atoms with Crippen molar-refractivity contribution in [3.05, 3.63) is 71.1 Å². The minimum Gasteiger partial charge on any atom is -0.497 e. The van der Waals surface area contributed by atoms with Crippen molar-refractivity contribution in [2.45, 2.75) is 6.54 Å². The molecule has 6 heteroatoms. The van der Waals surface area contributed by atoms with Gasteiger partial charge in [-0.2, -0.15) is 4.31 Å². The number of hydrogen-bond donors (Lipinski definition) is 1. The van der Waals surface area contributed by atoms with Crippen LogP contribution in [0.5, 0.6) is 5.75 Å². The molecule has 0 radical (unpaired) electrons. The van der Waals surface area contributed by atoms with E-state index in [0.29, 0.717) is 13.1 Å². The molecule has 0 bridgehead atoms. The molecule has 0 unspecified atom stereocenters. The Balaban J connectivity index is 1.56. The van der Waals surface area contributed by atoms with E-state index in [1.54, 1.807) is 17.5 Å². The lowest BCUT2D eigenvalue weighted by atomic mass is 10.2. The lowest BCUT2D eigenvalue weighted by Crippen LogP contribution is -3.13. The van der Waals surface area contributed by atoms with Crippen molar-refractivity contribution in [1.29, 1.82) is 0 Å². The van der Waals surface area contributed by atoms with Gasteiger partial charge in [0.2, 0.25) is 10.0 Å². The van der Waals surface area contributed by atoms with Gasteiger partial charge in [-0.25, -0.2) is 8.42 Å². The van der Waals surface area contributed by atoms with Crippen molar-refractivity contribution < 1.29 is 18.1 Å². The molecule has 0 aliphatic carbocycles. The van der Waals surface area contributed by atoms with Gasteiger partial charge in [-0.15, -0.1) is 0 Å². The monoisotopic (exact) mass is 373 g/mol. The molecule has 26 heavy (non-hydrogen) atoms. The zero-order valence-corrected chi connectivity index (χ0v) is 15.8. The van der Waals surface area contributed by atoms with Crippen molar-refractivity contribution >= 4 is 16.1 Å². The molecule has 1 saturated heterocycles. The highest BCUT2D eigenvalue weighted by molar-refractivity contribution is 7.92. The molecular formula is C20H25N2O3S+. The number of sulfonamides is 1. The van der Waals surface area contributed by atoms with Gasteiger partial charge in [0.05, 0.1) is 33.3 Å². The van der Waals surface area contributed by atoms with Crippen LogP contribution in [0.3, 0.4) is 0 Å². The summed E-state index contributed by atoms with van der Waals surface area (Å²) in [5.74, 6) is 0.856. The Labute approximate surface area is 155 Å². The number of benzene rings is 2. The number of rotatable bonds is 6. The average Bonchev–Trinajstić information content (AvgIpc) is 2.68. The molecule has 2 aromatic rings. The number of piperazine rings is 1. The summed E-state index contributed by atoms with van der Waals surface area (Å²) < 4.78 is 31.9. The minimum absolute atomic E-state index is 0.542. The van der Waals surface area contributed by atoms with Crippen LogP contribution in [0, 0.1) is 0 Å². The highest BCUT2D eigenvalue weighted by atomic mass is 32.2. The van der Waals surface area contributed by atoms with Gasteiger partial charge >= 0.3 is 0 Å². The summed E-state index contributed by atoms with van der Waals surface area (Å²) in [5, 5.41) is 1.31. The summed E-state index contributed by atoms with van der Waals surface area (Å²) in [6.45, 7) is 3.57. The Kier molecular flexibility index (Phi) is 6.08. The molecule has 1 aliphatic rings. The Bertz CT molecular complexity index is 842. The molecule has 5 nitrogen and oxygen atoms in total. The number of quaternary nitrogens is 1. The number of methoxy groups -OCH3 is 1. The first-order chi connectivity index (χ1) is 12.6. The maximum atomic E-state index is 12.5. The molecule has 1 N–H and O–H groups in total. The van der Waals surface area contributed by atoms with E-state index in [1.807, 2.05) is 48.5 Å². The summed E-state index contributed by atoms with van der Waals surface area (Å²) in [4.78, 5) is 1.39. The number of nitrogens with one attached hydrogen (secondary N) is 1. The van der Waals surface area contributed by atoms with Crippen LogP contribution < -0.4 is 9.64 Å². The third-order valence-electron chi connectivity index (χ3n) is 4.61. The van der Waals surface area contributed by atoms with E-state index in [4.69, 9.17) is 4.74 Å². The summed E-state index contributed by atoms with van der Waals surface area (Å²) >= 11 is 0. The van der Waals surface area contributed by atoms with Gasteiger partial charge in [0.1, 0.15) is 12.3 Å². The lowest BCUT2D eigenvalue weighted by molar-refractivity contribution is -0.917. The normalized spacial score (nSPS) is 16.8. The van der Waals surface area contributed by atoms with Crippen LogP contribution in [-0.2, 0) is 16.6 Å². The van der Waals surface area contributed by atoms with E-state index in [1.165, 1.54) is 15.9 Å². The van der Waals surface area contributed by atoms with Crippen LogP contribution in [0.1, 0.15) is 11.1 Å². The van der Waals surface area contributed by atoms with Crippen molar-refractivity contribution in [1.82, 2.24) is 4.31 Å². The van der Waals surface area contributed by atoms with Crippen molar-refractivity contribution in [3.8, 4) is 5.75 Å². The topological polar surface area (TPSA) is 51.1 Å². The molecular weight excluding hydrogens is 348 g/mol. The lowest BCUT2D eigenvalue weighted by Gasteiger charge is -2.30. The van der Waals surface area contributed by atoms with E-state index < -0.39 is 10.0 Å². The van der Waals surface area contributed by atoms with E-state index in [9.17, 15) is 8.42 Å². The molecule has 1 aliphatic heterocycles. The van der Waals surface area contributed by atoms with Gasteiger partial charge in [-0.3, -0.25) is 0 Å². The van der Waals surface area contributed by atoms with E-state index >= 15 is 0 Å². The van der Waals surface area contributed by atoms with E-state index in [-0.39, 0.29) is 0 Å². The maximum absolute atomic E-state index is 12.5. The van der Waals surface area contributed by atoms with Crippen molar-refractivity contribution in [3.63, 3.8) is 0 Å². The first-order valence-corrected chi connectivity index (χ1v) is 10.3. The Morgan fingerprint density at radius 1 is 1.08 bits per heavy atom. The fraction of sp³-hybridized carbons (Fsp3) is 0.300. The summed E-state index contributed by atoms with van der Waals surface area (Å²) in [6, 6.07) is 17.5. The second kappa shape index (κ2) is 8.49. The molecule has 0 spiro atoms. The van der Waals surface area contributed by atoms with E-state index in [2.05, 4.69) is 6.07 Å². The maximum Gasteiger partial charge on any atom is 0.236 e. The van der Waals surface area contributed by atoms with Gasteiger partial charge in [0.15, 0.2) is 0 Å². The highest BCUT2D eigenvalue weighted by Gasteiger charge is 2.27. The zero-order chi connectivity index (χ0) is 18.4. The zero-order valence-electron chi connectivity index (χ0n) is 15.0. The van der Waals surface area contributed by atoms with Crippen LogP contribution in [0.15, 0.2) is 60.0 Å². The predicted octanol–water partition coefficient (Wildman–Crippen LogP) is 1.40. The predicted molar refractivity (Wildman–Crippen MR) is 103 cm³/mol. The quantitative estimate of drug-likeness (QED) is 0.833. The van der Waals surface area contributed by atoms with Crippen molar-refractivity contribution in [2.24, 2.45) is 0 Å². The first-order valence-electron chi connectivity index (χ1n) is 8.76. The van der Waals surface area contributed by atoms with Gasteiger partial charge in [-0.1, -0.05) is 42.5 Å². The molecule has 1 heterocycles. The minimum atomic E-state index is -3.37. The molecule has 138 valence electrons. The molecule has 1 fully saturated rings. The largest absolute Gasteiger partial charge is 0.497 e. The fourth-order valence-electron chi connectivity index (χ4n) is 3.12. The Morgan fingerprint density at radius 3 is 2.50 bits per heavy atom. The molecule has 0 aromatic heterocycles. The standard InChI is InChI=1S/C20H24N2O3S/c1-25-20-9-5-8-19(16-20)17-21-11-13-22(14-12-21)26(23,24)15-10-18-6-3-2-4-7-18/h2-10,15-16H,11-14,17H2,1H3/p+1/b15-10+. The number of hydrogen-bond acceptors (Lipinski definition) is 3. The smallest absolute Gasteiger partial charge is 0.236 e. The first kappa shape index (κ1) is 18.6. The SMILES string of the molecule is COc1cccc(C[NH+]2CCN(S(=O)(=O)/C=C/c3ccccc3)CC2)c1. The summed E-state index contributed by atoms with van der Waals surface area (Å²) in [7, 11) is -1.70. The van der Waals surface area contributed by atoms with Crippen LogP contribution in [0.25, 0.3) is 6.08 Å². The van der Waals surface area contributed by atoms with Crippen LogP contribution in [0.2, 0.25) is 0 Å². The van der Waals surface area contributed by atoms with Gasteiger partial charge < -0.3 is 9.64 Å². The van der Waals surface area contributed by atoms with Crippen molar-refractivity contribution in [2.75, 3.05) is 33.3 Å². The Morgan fingerprint density at radius 2 is 1.81 bits per heavy atom. The van der Waals surface area contributed by atoms with E-state index in [0.717, 1.165) is 30.9 Å². The molecule has 0 amide bonds. The summed E-state index contributed by atoms with van der Waals surface area (Å²) in [5.41, 5.74) is 2.10. The number of ether oxygens (including phenoxy) is 1. The third kappa shape index (κ3) is 4.94.